The number of aromatic nitrogens is 1. The van der Waals surface area contributed by atoms with Crippen molar-refractivity contribution in [3.8, 4) is 5.75 Å². The van der Waals surface area contributed by atoms with Gasteiger partial charge in [-0.15, -0.1) is 11.3 Å². The number of fused-ring (bicyclic) bond motifs is 1. The Balaban J connectivity index is 1.85. The number of ether oxygens (including phenoxy) is 2. The van der Waals surface area contributed by atoms with Gasteiger partial charge in [-0.05, 0) is 42.1 Å². The molecule has 22 heavy (non-hydrogen) atoms. The zero-order valence-electron chi connectivity index (χ0n) is 12.3. The van der Waals surface area contributed by atoms with Crippen LogP contribution in [0.5, 0.6) is 5.75 Å². The third-order valence-electron chi connectivity index (χ3n) is 3.41. The van der Waals surface area contributed by atoms with E-state index >= 15 is 0 Å². The molecule has 0 aliphatic carbocycles. The summed E-state index contributed by atoms with van der Waals surface area (Å²) in [5.41, 5.74) is 1.96. The number of rotatable bonds is 4. The van der Waals surface area contributed by atoms with Crippen molar-refractivity contribution < 1.29 is 14.3 Å². The first-order valence-electron chi connectivity index (χ1n) is 6.82. The Labute approximate surface area is 132 Å². The van der Waals surface area contributed by atoms with Gasteiger partial charge in [0.1, 0.15) is 17.2 Å². The van der Waals surface area contributed by atoms with Crippen molar-refractivity contribution in [1.82, 2.24) is 4.98 Å². The molecule has 1 aromatic carbocycles. The van der Waals surface area contributed by atoms with Gasteiger partial charge < -0.3 is 9.47 Å². The van der Waals surface area contributed by atoms with Gasteiger partial charge in [0.15, 0.2) is 0 Å². The minimum absolute atomic E-state index is 0.295. The first-order chi connectivity index (χ1) is 10.7. The number of nitrogens with zero attached hydrogens (tertiary/aromatic N) is 1. The first kappa shape index (κ1) is 14.5. The number of hydrogen-bond donors (Lipinski definition) is 0. The van der Waals surface area contributed by atoms with Crippen molar-refractivity contribution in [1.29, 1.82) is 0 Å². The molecule has 112 valence electrons. The second-order valence-electron chi connectivity index (χ2n) is 4.86. The number of pyridine rings is 1. The van der Waals surface area contributed by atoms with Crippen molar-refractivity contribution in [2.75, 3.05) is 7.11 Å². The van der Waals surface area contributed by atoms with Crippen molar-refractivity contribution in [2.45, 2.75) is 13.5 Å². The second kappa shape index (κ2) is 6.15. The maximum Gasteiger partial charge on any atom is 0.348 e. The van der Waals surface area contributed by atoms with Gasteiger partial charge in [-0.3, -0.25) is 4.98 Å². The van der Waals surface area contributed by atoms with Gasteiger partial charge in [0.05, 0.1) is 7.11 Å². The highest BCUT2D eigenvalue weighted by atomic mass is 32.1. The molecule has 0 N–H and O–H groups in total. The fourth-order valence-corrected chi connectivity index (χ4v) is 3.39. The Hall–Kier alpha value is -2.40. The van der Waals surface area contributed by atoms with Gasteiger partial charge >= 0.3 is 5.97 Å². The number of benzene rings is 1. The molecular weight excluding hydrogens is 298 g/mol. The predicted octanol–water partition coefficient (Wildman–Crippen LogP) is 3.97. The topological polar surface area (TPSA) is 48.4 Å². The number of esters is 1. The molecule has 3 rings (SSSR count). The number of carbonyl (C=O) groups excluding carboxylic acids is 1. The van der Waals surface area contributed by atoms with Crippen LogP contribution in [0.1, 0.15) is 20.8 Å². The standard InChI is InChI=1S/C17H15NO3S/c1-11-14-6-5-13(21-10-12-4-3-7-18-9-12)8-15(14)22-16(11)17(19)20-2/h3-9H,10H2,1-2H3. The van der Waals surface area contributed by atoms with E-state index in [-0.39, 0.29) is 5.97 Å². The van der Waals surface area contributed by atoms with Crippen LogP contribution >= 0.6 is 11.3 Å². The van der Waals surface area contributed by atoms with Crippen LogP contribution in [0, 0.1) is 6.92 Å². The molecule has 2 heterocycles. The fourth-order valence-electron chi connectivity index (χ4n) is 2.23. The van der Waals surface area contributed by atoms with Crippen LogP contribution in [0.2, 0.25) is 0 Å². The summed E-state index contributed by atoms with van der Waals surface area (Å²) < 4.78 is 11.6. The minimum Gasteiger partial charge on any atom is -0.489 e. The van der Waals surface area contributed by atoms with Crippen LogP contribution in [0.15, 0.2) is 42.7 Å². The number of thiophene rings is 1. The Morgan fingerprint density at radius 1 is 1.32 bits per heavy atom. The van der Waals surface area contributed by atoms with Gasteiger partial charge in [-0.2, -0.15) is 0 Å². The van der Waals surface area contributed by atoms with Crippen molar-refractivity contribution in [3.63, 3.8) is 0 Å². The lowest BCUT2D eigenvalue weighted by molar-refractivity contribution is 0.0605. The van der Waals surface area contributed by atoms with E-state index in [4.69, 9.17) is 9.47 Å². The molecule has 4 nitrogen and oxygen atoms in total. The number of aryl methyl sites for hydroxylation is 1. The summed E-state index contributed by atoms with van der Waals surface area (Å²) in [5.74, 6) is 0.477. The van der Waals surface area contributed by atoms with E-state index in [0.29, 0.717) is 11.5 Å². The van der Waals surface area contributed by atoms with E-state index in [9.17, 15) is 4.79 Å². The molecular formula is C17H15NO3S. The summed E-state index contributed by atoms with van der Waals surface area (Å²) in [4.78, 5) is 16.5. The van der Waals surface area contributed by atoms with Crippen LogP contribution in [0.25, 0.3) is 10.1 Å². The summed E-state index contributed by atoms with van der Waals surface area (Å²) in [6.07, 6.45) is 3.52. The quantitative estimate of drug-likeness (QED) is 0.684. The molecule has 0 saturated heterocycles. The summed E-state index contributed by atoms with van der Waals surface area (Å²) >= 11 is 1.43. The van der Waals surface area contributed by atoms with Gasteiger partial charge in [0.2, 0.25) is 0 Å². The first-order valence-corrected chi connectivity index (χ1v) is 7.64. The van der Waals surface area contributed by atoms with E-state index in [1.165, 1.54) is 18.4 Å². The number of hydrogen-bond acceptors (Lipinski definition) is 5. The van der Waals surface area contributed by atoms with Crippen molar-refractivity contribution in [3.05, 3.63) is 58.7 Å². The van der Waals surface area contributed by atoms with E-state index in [1.54, 1.807) is 12.4 Å². The SMILES string of the molecule is COC(=O)c1sc2cc(OCc3cccnc3)ccc2c1C. The van der Waals surface area contributed by atoms with Crippen LogP contribution in [-0.4, -0.2) is 18.1 Å². The molecule has 0 aliphatic rings. The van der Waals surface area contributed by atoms with Gasteiger partial charge in [0.25, 0.3) is 0 Å². The molecule has 0 aliphatic heterocycles. The van der Waals surface area contributed by atoms with Crippen LogP contribution in [-0.2, 0) is 11.3 Å². The maximum absolute atomic E-state index is 11.7. The highest BCUT2D eigenvalue weighted by molar-refractivity contribution is 7.21. The zero-order valence-corrected chi connectivity index (χ0v) is 13.1. The number of carbonyl (C=O) groups is 1. The predicted molar refractivity (Wildman–Crippen MR) is 86.5 cm³/mol. The van der Waals surface area contributed by atoms with E-state index in [2.05, 4.69) is 4.98 Å². The average Bonchev–Trinajstić information content (AvgIpc) is 2.89. The molecule has 0 saturated carbocycles. The Bertz CT molecular complexity index is 811. The van der Waals surface area contributed by atoms with Crippen molar-refractivity contribution >= 4 is 27.4 Å². The average molecular weight is 313 g/mol. The van der Waals surface area contributed by atoms with E-state index in [1.807, 2.05) is 37.3 Å². The van der Waals surface area contributed by atoms with Crippen molar-refractivity contribution in [2.24, 2.45) is 0 Å². The normalized spacial score (nSPS) is 10.6. The summed E-state index contributed by atoms with van der Waals surface area (Å²) in [6, 6.07) is 9.70. The summed E-state index contributed by atoms with van der Waals surface area (Å²) in [6.45, 7) is 2.40. The van der Waals surface area contributed by atoms with E-state index < -0.39 is 0 Å². The molecule has 0 bridgehead atoms. The number of methoxy groups -OCH3 is 1. The molecule has 0 atom stereocenters. The highest BCUT2D eigenvalue weighted by Crippen LogP contribution is 2.33. The summed E-state index contributed by atoms with van der Waals surface area (Å²) in [5, 5.41) is 1.05. The lowest BCUT2D eigenvalue weighted by Crippen LogP contribution is -1.99. The third kappa shape index (κ3) is 2.80. The monoisotopic (exact) mass is 313 g/mol. The zero-order chi connectivity index (χ0) is 15.5. The van der Waals surface area contributed by atoms with Crippen LogP contribution in [0.3, 0.4) is 0 Å². The largest absolute Gasteiger partial charge is 0.489 e. The third-order valence-corrected chi connectivity index (χ3v) is 4.64. The van der Waals surface area contributed by atoms with Gasteiger partial charge in [-0.1, -0.05) is 6.07 Å². The molecule has 0 unspecified atom stereocenters. The van der Waals surface area contributed by atoms with Gasteiger partial charge in [0, 0.05) is 22.7 Å². The minimum atomic E-state index is -0.295. The lowest BCUT2D eigenvalue weighted by atomic mass is 10.1. The second-order valence-corrected chi connectivity index (χ2v) is 5.91. The Morgan fingerprint density at radius 2 is 2.18 bits per heavy atom. The molecule has 0 radical (unpaired) electrons. The smallest absolute Gasteiger partial charge is 0.348 e. The van der Waals surface area contributed by atoms with Crippen LogP contribution in [0.4, 0.5) is 0 Å². The highest BCUT2D eigenvalue weighted by Gasteiger charge is 2.16. The molecule has 2 aromatic heterocycles. The molecule has 0 amide bonds. The van der Waals surface area contributed by atoms with Gasteiger partial charge in [-0.25, -0.2) is 4.79 Å². The lowest BCUT2D eigenvalue weighted by Gasteiger charge is -2.06. The van der Waals surface area contributed by atoms with Crippen LogP contribution < -0.4 is 4.74 Å². The maximum atomic E-state index is 11.7. The van der Waals surface area contributed by atoms with E-state index in [0.717, 1.165) is 27.0 Å². The molecule has 3 aromatic rings. The fraction of sp³-hybridized carbons (Fsp3) is 0.176. The Morgan fingerprint density at radius 3 is 2.91 bits per heavy atom. The Kier molecular flexibility index (Phi) is 4.06. The summed E-state index contributed by atoms with van der Waals surface area (Å²) in [7, 11) is 1.40. The molecule has 5 heteroatoms. The molecule has 0 spiro atoms. The molecule has 0 fully saturated rings.